The number of nitriles is 1. The van der Waals surface area contributed by atoms with Gasteiger partial charge in [0.15, 0.2) is 0 Å². The predicted octanol–water partition coefficient (Wildman–Crippen LogP) is 3.98. The average molecular weight is 563 g/mol. The van der Waals surface area contributed by atoms with Crippen molar-refractivity contribution in [2.45, 2.75) is 81.7 Å². The number of benzene rings is 1. The van der Waals surface area contributed by atoms with E-state index in [-0.39, 0.29) is 5.54 Å². The summed E-state index contributed by atoms with van der Waals surface area (Å²) in [5.74, 6) is 1.14. The molecule has 0 amide bonds. The zero-order valence-electron chi connectivity index (χ0n) is 23.8. The molecule has 1 aromatic heterocycles. The van der Waals surface area contributed by atoms with Crippen LogP contribution < -0.4 is 15.4 Å². The van der Waals surface area contributed by atoms with Gasteiger partial charge in [-0.15, -0.1) is 0 Å². The van der Waals surface area contributed by atoms with Gasteiger partial charge in [0.05, 0.1) is 30.0 Å². The van der Waals surface area contributed by atoms with Gasteiger partial charge in [0.2, 0.25) is 0 Å². The van der Waals surface area contributed by atoms with Gasteiger partial charge in [0.1, 0.15) is 30.3 Å². The first-order chi connectivity index (χ1) is 19.9. The number of nitrogens with two attached hydrogens (primary N) is 1. The Morgan fingerprint density at radius 2 is 2.10 bits per heavy atom. The van der Waals surface area contributed by atoms with Crippen LogP contribution in [-0.4, -0.2) is 72.6 Å². The summed E-state index contributed by atoms with van der Waals surface area (Å²) in [7, 11) is 0. The lowest BCUT2D eigenvalue weighted by Gasteiger charge is -2.45. The number of alkyl halides is 1. The Morgan fingerprint density at radius 1 is 1.20 bits per heavy atom. The Kier molecular flexibility index (Phi) is 6.80. The number of ether oxygens (including phenoxy) is 3. The molecule has 0 bridgehead atoms. The van der Waals surface area contributed by atoms with Gasteiger partial charge >= 0.3 is 6.01 Å². The normalized spacial score (nSPS) is 31.3. The maximum absolute atomic E-state index is 14.4. The van der Waals surface area contributed by atoms with Crippen molar-refractivity contribution in [1.29, 1.82) is 5.26 Å². The minimum Gasteiger partial charge on any atom is -0.461 e. The molecule has 0 saturated carbocycles. The highest BCUT2D eigenvalue weighted by Crippen LogP contribution is 2.51. The average Bonchev–Trinajstić information content (AvgIpc) is 3.35. The van der Waals surface area contributed by atoms with E-state index in [9.17, 15) is 9.65 Å². The molecule has 1 spiro atoms. The molecule has 9 nitrogen and oxygen atoms in total. The topological polar surface area (TPSA) is 110 Å². The molecule has 3 fully saturated rings. The van der Waals surface area contributed by atoms with Crippen LogP contribution >= 0.6 is 0 Å². The van der Waals surface area contributed by atoms with Gasteiger partial charge < -0.3 is 24.8 Å². The zero-order valence-corrected chi connectivity index (χ0v) is 23.8. The van der Waals surface area contributed by atoms with E-state index in [1.807, 2.05) is 6.07 Å². The van der Waals surface area contributed by atoms with Crippen LogP contribution in [-0.2, 0) is 28.1 Å². The fourth-order valence-corrected chi connectivity index (χ4v) is 7.96. The summed E-state index contributed by atoms with van der Waals surface area (Å²) in [6, 6.07) is 6.61. The molecule has 41 heavy (non-hydrogen) atoms. The van der Waals surface area contributed by atoms with E-state index in [0.29, 0.717) is 62.4 Å². The molecule has 10 heteroatoms. The van der Waals surface area contributed by atoms with Gasteiger partial charge in [0.25, 0.3) is 0 Å². The molecule has 4 unspecified atom stereocenters. The largest absolute Gasteiger partial charge is 0.461 e. The second-order valence-electron chi connectivity index (χ2n) is 12.6. The molecule has 1 aliphatic carbocycles. The molecule has 4 atom stereocenters. The Balaban J connectivity index is 1.28. The van der Waals surface area contributed by atoms with E-state index < -0.39 is 11.8 Å². The van der Waals surface area contributed by atoms with E-state index in [1.165, 1.54) is 0 Å². The van der Waals surface area contributed by atoms with Gasteiger partial charge in [-0.25, -0.2) is 4.39 Å². The molecule has 4 aliphatic heterocycles. The van der Waals surface area contributed by atoms with Crippen LogP contribution in [0.2, 0.25) is 0 Å². The number of nitrogen functional groups attached to an aromatic ring is 1. The van der Waals surface area contributed by atoms with Gasteiger partial charge in [-0.3, -0.25) is 4.90 Å². The second-order valence-corrected chi connectivity index (χ2v) is 12.6. The standard InChI is InChI=1S/C31H39FN6O3/c1-20-6-8-31(27-22(20)4-5-25(34)23(27)16-33)15-26-24(18-41-31)28(37-9-3-12-39-13-11-37)36-29(35-26)40-19-30-7-2-10-38(30)17-21(32)14-30/h4-5,20-21H,2-3,6-15,17-19,34H2,1H3. The predicted molar refractivity (Wildman–Crippen MR) is 152 cm³/mol. The Labute approximate surface area is 240 Å². The number of halogens is 1. The number of nitrogens with zero attached hydrogens (tertiary/aromatic N) is 5. The van der Waals surface area contributed by atoms with Crippen LogP contribution in [0.3, 0.4) is 0 Å². The van der Waals surface area contributed by atoms with Crippen LogP contribution in [0.1, 0.15) is 79.3 Å². The minimum atomic E-state index is -0.816. The molecule has 1 aromatic carbocycles. The van der Waals surface area contributed by atoms with Crippen LogP contribution in [0, 0.1) is 11.3 Å². The minimum absolute atomic E-state index is 0.280. The molecular formula is C31H39FN6O3. The Hall–Kier alpha value is -3.00. The first-order valence-corrected chi connectivity index (χ1v) is 15.1. The first-order valence-electron chi connectivity index (χ1n) is 15.1. The van der Waals surface area contributed by atoms with Crippen molar-refractivity contribution in [2.24, 2.45) is 0 Å². The highest BCUT2D eigenvalue weighted by atomic mass is 19.1. The smallest absolute Gasteiger partial charge is 0.318 e. The van der Waals surface area contributed by atoms with Crippen molar-refractivity contribution < 1.29 is 18.6 Å². The summed E-state index contributed by atoms with van der Waals surface area (Å²) in [6.07, 6.45) is 4.82. The molecule has 7 rings (SSSR count). The second kappa shape index (κ2) is 10.4. The number of hydrogen-bond donors (Lipinski definition) is 1. The Morgan fingerprint density at radius 3 is 2.98 bits per heavy atom. The summed E-state index contributed by atoms with van der Waals surface area (Å²) in [6.45, 7) is 7.22. The monoisotopic (exact) mass is 562 g/mol. The number of rotatable bonds is 4. The van der Waals surface area contributed by atoms with Crippen molar-refractivity contribution in [3.63, 3.8) is 0 Å². The number of fused-ring (bicyclic) bond motifs is 4. The number of aromatic nitrogens is 2. The molecule has 2 aromatic rings. The molecule has 5 heterocycles. The van der Waals surface area contributed by atoms with Gasteiger partial charge in [-0.2, -0.15) is 15.2 Å². The lowest BCUT2D eigenvalue weighted by molar-refractivity contribution is -0.0873. The zero-order chi connectivity index (χ0) is 28.2. The molecule has 0 radical (unpaired) electrons. The molecule has 5 aliphatic rings. The van der Waals surface area contributed by atoms with E-state index in [2.05, 4.69) is 28.9 Å². The quantitative estimate of drug-likeness (QED) is 0.554. The van der Waals surface area contributed by atoms with E-state index >= 15 is 0 Å². The summed E-state index contributed by atoms with van der Waals surface area (Å²) < 4.78 is 33.4. The molecule has 218 valence electrons. The van der Waals surface area contributed by atoms with E-state index in [1.54, 1.807) is 0 Å². The summed E-state index contributed by atoms with van der Waals surface area (Å²) >= 11 is 0. The lowest BCUT2D eigenvalue weighted by atomic mass is 9.69. The third-order valence-corrected chi connectivity index (χ3v) is 10.1. The summed E-state index contributed by atoms with van der Waals surface area (Å²) in [5, 5.41) is 10.1. The van der Waals surface area contributed by atoms with Crippen molar-refractivity contribution in [1.82, 2.24) is 14.9 Å². The van der Waals surface area contributed by atoms with Crippen LogP contribution in [0.5, 0.6) is 6.01 Å². The van der Waals surface area contributed by atoms with Crippen LogP contribution in [0.4, 0.5) is 15.9 Å². The van der Waals surface area contributed by atoms with Crippen molar-refractivity contribution in [3.8, 4) is 12.1 Å². The van der Waals surface area contributed by atoms with E-state index in [0.717, 1.165) is 86.5 Å². The fraction of sp³-hybridized carbons (Fsp3) is 0.645. The SMILES string of the molecule is CC1CCC2(Cc3nc(OCC45CCCN4CC(F)C5)nc(N4CCCOCC4)c3CO2)c2c1ccc(N)c2C#N. The maximum atomic E-state index is 14.4. The third-order valence-electron chi connectivity index (χ3n) is 10.1. The fourth-order valence-electron chi connectivity index (χ4n) is 7.96. The third kappa shape index (κ3) is 4.53. The van der Waals surface area contributed by atoms with Gasteiger partial charge in [-0.1, -0.05) is 13.0 Å². The summed E-state index contributed by atoms with van der Waals surface area (Å²) in [4.78, 5) is 14.5. The van der Waals surface area contributed by atoms with Gasteiger partial charge in [0, 0.05) is 55.9 Å². The molecule has 2 N–H and O–H groups in total. The number of hydrogen-bond acceptors (Lipinski definition) is 9. The molecule has 3 saturated heterocycles. The van der Waals surface area contributed by atoms with Crippen molar-refractivity contribution in [3.05, 3.63) is 40.1 Å². The van der Waals surface area contributed by atoms with E-state index in [4.69, 9.17) is 29.9 Å². The molecular weight excluding hydrogens is 523 g/mol. The van der Waals surface area contributed by atoms with Crippen LogP contribution in [0.25, 0.3) is 0 Å². The van der Waals surface area contributed by atoms with Crippen LogP contribution in [0.15, 0.2) is 12.1 Å². The number of anilines is 2. The summed E-state index contributed by atoms with van der Waals surface area (Å²) in [5.41, 5.74) is 10.3. The van der Waals surface area contributed by atoms with Crippen molar-refractivity contribution in [2.75, 3.05) is 56.6 Å². The van der Waals surface area contributed by atoms with Gasteiger partial charge in [-0.05, 0) is 56.2 Å². The maximum Gasteiger partial charge on any atom is 0.318 e. The lowest BCUT2D eigenvalue weighted by Crippen LogP contribution is -2.44. The Bertz CT molecular complexity index is 1370. The highest BCUT2D eigenvalue weighted by Gasteiger charge is 2.50. The van der Waals surface area contributed by atoms with Crippen molar-refractivity contribution >= 4 is 11.5 Å². The first kappa shape index (κ1) is 26.9. The highest BCUT2D eigenvalue weighted by molar-refractivity contribution is 5.64.